The maximum Gasteiger partial charge on any atom is 0.179 e. The van der Waals surface area contributed by atoms with Crippen molar-refractivity contribution >= 4 is 51.3 Å². The van der Waals surface area contributed by atoms with Crippen LogP contribution in [0.25, 0.3) is 17.0 Å². The first-order chi connectivity index (χ1) is 20.7. The molecule has 0 bridgehead atoms. The Morgan fingerprint density at radius 2 is 1.88 bits per heavy atom. The zero-order valence-electron chi connectivity index (χ0n) is 24.0. The van der Waals surface area contributed by atoms with Crippen LogP contribution in [-0.4, -0.2) is 61.5 Å². The Hall–Kier alpha value is -3.39. The number of halogens is 1. The normalized spacial score (nSPS) is 18.8. The predicted molar refractivity (Wildman–Crippen MR) is 168 cm³/mol. The first-order valence-corrected chi connectivity index (χ1v) is 16.5. The predicted octanol–water partition coefficient (Wildman–Crippen LogP) is 5.00. The zero-order chi connectivity index (χ0) is 29.8. The van der Waals surface area contributed by atoms with Gasteiger partial charge in [-0.3, -0.25) is 4.68 Å². The fraction of sp³-hybridized carbons (Fsp3) is 0.379. The molecule has 2 aliphatic heterocycles. The molecule has 2 atom stereocenters. The van der Waals surface area contributed by atoms with Crippen molar-refractivity contribution in [3.63, 3.8) is 0 Å². The van der Waals surface area contributed by atoms with Crippen LogP contribution in [0.4, 0.5) is 5.82 Å². The Bertz CT molecular complexity index is 1810. The molecule has 0 aromatic carbocycles. The van der Waals surface area contributed by atoms with Gasteiger partial charge in [-0.2, -0.15) is 10.2 Å². The number of hydrogen-bond donors (Lipinski definition) is 1. The summed E-state index contributed by atoms with van der Waals surface area (Å²) in [6, 6.07) is 9.62. The highest BCUT2D eigenvalue weighted by atomic mass is 35.5. The molecule has 1 saturated heterocycles. The van der Waals surface area contributed by atoms with Crippen molar-refractivity contribution in [2.75, 3.05) is 18.0 Å². The molecule has 0 radical (unpaired) electrons. The summed E-state index contributed by atoms with van der Waals surface area (Å²) in [6.45, 7) is 8.47. The van der Waals surface area contributed by atoms with Gasteiger partial charge in [0.2, 0.25) is 0 Å². The van der Waals surface area contributed by atoms with Gasteiger partial charge in [-0.25, -0.2) is 33.5 Å². The maximum atomic E-state index is 13.1. The van der Waals surface area contributed by atoms with Gasteiger partial charge < -0.3 is 4.90 Å². The third-order valence-electron chi connectivity index (χ3n) is 8.12. The van der Waals surface area contributed by atoms with Crippen LogP contribution in [0, 0.1) is 5.41 Å². The van der Waals surface area contributed by atoms with E-state index in [2.05, 4.69) is 34.5 Å². The number of nitrogens with zero attached hydrogens (tertiary/aromatic N) is 9. The summed E-state index contributed by atoms with van der Waals surface area (Å²) in [4.78, 5) is 21.8. The Morgan fingerprint density at radius 1 is 1.05 bits per heavy atom. The van der Waals surface area contributed by atoms with Gasteiger partial charge in [0.1, 0.15) is 16.4 Å². The monoisotopic (exact) mass is 634 g/mol. The summed E-state index contributed by atoms with van der Waals surface area (Å²) >= 11 is 8.11. The van der Waals surface area contributed by atoms with Crippen LogP contribution in [0.5, 0.6) is 0 Å². The number of piperidine rings is 1. The van der Waals surface area contributed by atoms with E-state index in [-0.39, 0.29) is 16.2 Å². The Morgan fingerprint density at radius 3 is 2.65 bits per heavy atom. The van der Waals surface area contributed by atoms with Gasteiger partial charge in [-0.05, 0) is 63.9 Å². The molecule has 1 unspecified atom stereocenters. The molecule has 5 aromatic heterocycles. The second-order valence-corrected chi connectivity index (χ2v) is 15.4. The lowest BCUT2D eigenvalue weighted by Crippen LogP contribution is -2.48. The van der Waals surface area contributed by atoms with Gasteiger partial charge in [0, 0.05) is 54.7 Å². The third kappa shape index (κ3) is 5.32. The number of pyridine rings is 2. The van der Waals surface area contributed by atoms with E-state index in [9.17, 15) is 4.21 Å². The number of rotatable bonds is 6. The molecule has 1 spiro atoms. The topological polar surface area (TPSA) is 120 Å². The van der Waals surface area contributed by atoms with Crippen LogP contribution in [0.15, 0.2) is 71.2 Å². The highest BCUT2D eigenvalue weighted by molar-refractivity contribution is 7.99. The average molecular weight is 635 g/mol. The van der Waals surface area contributed by atoms with Gasteiger partial charge in [0.15, 0.2) is 11.5 Å². The largest absolute Gasteiger partial charge is 0.355 e. The van der Waals surface area contributed by atoms with Crippen molar-refractivity contribution in [3.05, 3.63) is 72.0 Å². The fourth-order valence-electron chi connectivity index (χ4n) is 5.77. The van der Waals surface area contributed by atoms with Crippen molar-refractivity contribution < 1.29 is 4.21 Å². The van der Waals surface area contributed by atoms with Gasteiger partial charge >= 0.3 is 0 Å². The summed E-state index contributed by atoms with van der Waals surface area (Å²) in [5.41, 5.74) is 2.38. The van der Waals surface area contributed by atoms with E-state index in [1.54, 1.807) is 29.5 Å². The summed E-state index contributed by atoms with van der Waals surface area (Å²) in [5, 5.41) is 10.1. The number of hydrogen-bond acceptors (Lipinski definition) is 9. The van der Waals surface area contributed by atoms with Gasteiger partial charge in [0.05, 0.1) is 38.7 Å². The number of fused-ring (bicyclic) bond motifs is 2. The number of anilines is 1. The molecule has 0 aliphatic carbocycles. The molecule has 7 heterocycles. The van der Waals surface area contributed by atoms with E-state index in [0.29, 0.717) is 16.5 Å². The van der Waals surface area contributed by atoms with E-state index in [1.165, 1.54) is 11.8 Å². The third-order valence-corrected chi connectivity index (χ3v) is 11.2. The second-order valence-electron chi connectivity index (χ2n) is 11.9. The number of nitrogens with one attached hydrogen (secondary N) is 1. The van der Waals surface area contributed by atoms with Crippen molar-refractivity contribution in [1.29, 1.82) is 0 Å². The highest BCUT2D eigenvalue weighted by Gasteiger charge is 2.50. The SMILES string of the molecule is CC(C)(C)S(=O)N[C@@H]1c2ccnn2CC12CCN(c1cnc3nc(Sc4ccnc(-n5cccn5)c4Cl)ccc3n1)CC2. The van der Waals surface area contributed by atoms with Crippen molar-refractivity contribution in [2.24, 2.45) is 5.41 Å². The lowest BCUT2D eigenvalue weighted by atomic mass is 9.73. The first-order valence-electron chi connectivity index (χ1n) is 14.1. The van der Waals surface area contributed by atoms with E-state index in [0.717, 1.165) is 59.4 Å². The Labute approximate surface area is 261 Å². The van der Waals surface area contributed by atoms with Crippen LogP contribution >= 0.6 is 23.4 Å². The highest BCUT2D eigenvalue weighted by Crippen LogP contribution is 2.49. The molecule has 1 fully saturated rings. The molecule has 11 nitrogen and oxygen atoms in total. The van der Waals surface area contributed by atoms with Gasteiger partial charge in [-0.15, -0.1) is 0 Å². The molecule has 7 rings (SSSR count). The summed E-state index contributed by atoms with van der Waals surface area (Å²) in [6.07, 6.45) is 10.7. The fourth-order valence-corrected chi connectivity index (χ4v) is 7.82. The minimum atomic E-state index is -1.18. The van der Waals surface area contributed by atoms with Gasteiger partial charge in [-0.1, -0.05) is 23.4 Å². The molecular weight excluding hydrogens is 604 g/mol. The molecular formula is C29H31ClN10OS2. The maximum absolute atomic E-state index is 13.1. The summed E-state index contributed by atoms with van der Waals surface area (Å²) in [5.74, 6) is 1.40. The molecule has 222 valence electrons. The van der Waals surface area contributed by atoms with Crippen molar-refractivity contribution in [3.8, 4) is 5.82 Å². The Kier molecular flexibility index (Phi) is 7.23. The molecule has 43 heavy (non-hydrogen) atoms. The standard InChI is InChI=1S/C29H31ClN10OS2/c1-28(2,3)43(41)37-25-20-7-13-34-40(20)18-29(25)9-15-38(16-10-29)22-17-32-26-19(35-22)5-6-23(36-26)42-21-8-12-31-27(24(21)30)39-14-4-11-33-39/h4-8,11-14,17,25,37H,9-10,15-16,18H2,1-3H3/t25-,43?/m1/s1. The molecule has 0 amide bonds. The van der Waals surface area contributed by atoms with Gasteiger partial charge in [0.25, 0.3) is 0 Å². The molecule has 5 aromatic rings. The van der Waals surface area contributed by atoms with E-state index < -0.39 is 11.0 Å². The lowest BCUT2D eigenvalue weighted by Gasteiger charge is -2.43. The van der Waals surface area contributed by atoms with Crippen LogP contribution in [0.2, 0.25) is 5.02 Å². The smallest absolute Gasteiger partial charge is 0.179 e. The van der Waals surface area contributed by atoms with E-state index in [1.807, 2.05) is 57.3 Å². The van der Waals surface area contributed by atoms with Crippen LogP contribution < -0.4 is 9.62 Å². The first kappa shape index (κ1) is 28.4. The van der Waals surface area contributed by atoms with Crippen molar-refractivity contribution in [2.45, 2.75) is 60.9 Å². The van der Waals surface area contributed by atoms with E-state index in [4.69, 9.17) is 21.6 Å². The van der Waals surface area contributed by atoms with E-state index >= 15 is 0 Å². The minimum Gasteiger partial charge on any atom is -0.355 e. The van der Waals surface area contributed by atoms with Crippen LogP contribution in [0.1, 0.15) is 45.3 Å². The zero-order valence-corrected chi connectivity index (χ0v) is 26.4. The second kappa shape index (κ2) is 11.0. The number of aromatic nitrogens is 8. The molecule has 14 heteroatoms. The molecule has 2 aliphatic rings. The molecule has 1 N–H and O–H groups in total. The lowest BCUT2D eigenvalue weighted by molar-refractivity contribution is 0.161. The quantitative estimate of drug-likeness (QED) is 0.275. The van der Waals surface area contributed by atoms with Crippen LogP contribution in [-0.2, 0) is 17.5 Å². The molecule has 0 saturated carbocycles. The van der Waals surface area contributed by atoms with Crippen LogP contribution in [0.3, 0.4) is 0 Å². The average Bonchev–Trinajstić information content (AvgIpc) is 3.74. The van der Waals surface area contributed by atoms with Crippen molar-refractivity contribution in [1.82, 2.24) is 44.2 Å². The Balaban J connectivity index is 1.07. The summed E-state index contributed by atoms with van der Waals surface area (Å²) in [7, 11) is -1.18. The minimum absolute atomic E-state index is 0.00969. The summed E-state index contributed by atoms with van der Waals surface area (Å²) < 4.78 is 20.0.